The minimum Gasteiger partial charge on any atom is -0.345 e. The van der Waals surface area contributed by atoms with E-state index in [-0.39, 0.29) is 17.6 Å². The smallest absolute Gasteiger partial charge is 0.263 e. The largest absolute Gasteiger partial charge is 0.345 e. The first-order chi connectivity index (χ1) is 18.4. The van der Waals surface area contributed by atoms with Crippen molar-refractivity contribution in [3.63, 3.8) is 0 Å². The molecule has 7 nitrogen and oxygen atoms in total. The fourth-order valence-corrected chi connectivity index (χ4v) is 5.84. The molecule has 0 radical (unpaired) electrons. The number of hydrogen-bond donors (Lipinski definition) is 1. The van der Waals surface area contributed by atoms with Gasteiger partial charge < -0.3 is 10.2 Å². The average molecular weight is 526 g/mol. The summed E-state index contributed by atoms with van der Waals surface area (Å²) in [6.45, 7) is 3.66. The van der Waals surface area contributed by atoms with E-state index in [0.29, 0.717) is 16.3 Å². The van der Waals surface area contributed by atoms with Gasteiger partial charge >= 0.3 is 0 Å². The van der Waals surface area contributed by atoms with Gasteiger partial charge in [-0.05, 0) is 55.0 Å². The Bertz CT molecular complexity index is 1650. The summed E-state index contributed by atoms with van der Waals surface area (Å²) < 4.78 is 15.2. The lowest BCUT2D eigenvalue weighted by Gasteiger charge is -2.29. The fourth-order valence-electron chi connectivity index (χ4n) is 5.14. The average Bonchev–Trinajstić information content (AvgIpc) is 3.62. The second-order valence-corrected chi connectivity index (χ2v) is 10.2. The van der Waals surface area contributed by atoms with Gasteiger partial charge in [0, 0.05) is 11.1 Å². The third-order valence-corrected chi connectivity index (χ3v) is 8.00. The molecule has 1 fully saturated rings. The van der Waals surface area contributed by atoms with Crippen molar-refractivity contribution in [2.45, 2.75) is 25.9 Å². The molecule has 0 spiro atoms. The number of hydrogen-bond acceptors (Lipinski definition) is 5. The molecular weight excluding hydrogens is 501 g/mol. The summed E-state index contributed by atoms with van der Waals surface area (Å²) in [5.74, 6) is -1.06. The molecule has 1 saturated heterocycles. The van der Waals surface area contributed by atoms with Crippen molar-refractivity contribution in [1.29, 1.82) is 0 Å². The molecule has 5 aromatic rings. The van der Waals surface area contributed by atoms with Gasteiger partial charge in [0.2, 0.25) is 5.91 Å². The summed E-state index contributed by atoms with van der Waals surface area (Å²) in [5.41, 5.74) is 5.54. The first-order valence-corrected chi connectivity index (χ1v) is 13.1. The van der Waals surface area contributed by atoms with Crippen LogP contribution in [-0.4, -0.2) is 32.6 Å². The van der Waals surface area contributed by atoms with Crippen LogP contribution in [0.25, 0.3) is 16.6 Å². The van der Waals surface area contributed by atoms with Gasteiger partial charge in [-0.1, -0.05) is 37.3 Å². The van der Waals surface area contributed by atoms with Crippen LogP contribution in [0.15, 0.2) is 84.5 Å². The third-order valence-electron chi connectivity index (χ3n) is 7.08. The van der Waals surface area contributed by atoms with E-state index in [0.717, 1.165) is 22.2 Å². The summed E-state index contributed by atoms with van der Waals surface area (Å²) in [6, 6.07) is 20.8. The molecule has 190 valence electrons. The maximum Gasteiger partial charge on any atom is 0.263 e. The van der Waals surface area contributed by atoms with Gasteiger partial charge in [-0.3, -0.25) is 9.59 Å². The van der Waals surface area contributed by atoms with Crippen molar-refractivity contribution in [3.05, 3.63) is 106 Å². The highest BCUT2D eigenvalue weighted by Crippen LogP contribution is 2.41. The van der Waals surface area contributed by atoms with E-state index in [9.17, 15) is 14.0 Å². The predicted molar refractivity (Wildman–Crippen MR) is 145 cm³/mol. The van der Waals surface area contributed by atoms with Gasteiger partial charge in [-0.15, -0.1) is 11.3 Å². The van der Waals surface area contributed by atoms with Crippen molar-refractivity contribution in [2.24, 2.45) is 5.92 Å². The van der Waals surface area contributed by atoms with Crippen LogP contribution in [0.2, 0.25) is 0 Å². The molecule has 1 N–H and O–H groups in total. The maximum atomic E-state index is 13.7. The van der Waals surface area contributed by atoms with Gasteiger partial charge in [0.1, 0.15) is 10.7 Å². The highest BCUT2D eigenvalue weighted by molar-refractivity contribution is 7.11. The number of anilines is 1. The molecule has 1 aliphatic rings. The highest BCUT2D eigenvalue weighted by Gasteiger charge is 2.48. The standard InChI is InChI=1S/C29H24FN5O2S/c1-17-25(33-28(36)27-18(2)31-16-38-27)26(19-6-4-3-5-7-19)34(29(17)37)23-12-13-24-20(14-23)15-32-35(24)22-10-8-21(30)9-11-22/h3-17,25-26H,1-2H3,(H,33,36). The number of amides is 2. The predicted octanol–water partition coefficient (Wildman–Crippen LogP) is 5.45. The number of fused-ring (bicyclic) bond motifs is 1. The quantitative estimate of drug-likeness (QED) is 0.331. The molecule has 2 aromatic heterocycles. The Kier molecular flexibility index (Phi) is 6.00. The molecule has 3 atom stereocenters. The lowest BCUT2D eigenvalue weighted by molar-refractivity contribution is -0.120. The second-order valence-electron chi connectivity index (χ2n) is 9.39. The van der Waals surface area contributed by atoms with E-state index in [2.05, 4.69) is 15.4 Å². The molecule has 0 aliphatic carbocycles. The molecule has 1 aliphatic heterocycles. The van der Waals surface area contributed by atoms with Gasteiger partial charge in [0.05, 0.1) is 46.6 Å². The van der Waals surface area contributed by atoms with Crippen LogP contribution in [0.4, 0.5) is 10.1 Å². The Morgan fingerprint density at radius 3 is 2.47 bits per heavy atom. The van der Waals surface area contributed by atoms with Crippen molar-refractivity contribution >= 4 is 39.7 Å². The number of nitrogens with zero attached hydrogens (tertiary/aromatic N) is 4. The number of carbonyl (C=O) groups is 2. The van der Waals surface area contributed by atoms with E-state index in [1.807, 2.05) is 55.5 Å². The van der Waals surface area contributed by atoms with Crippen LogP contribution >= 0.6 is 11.3 Å². The van der Waals surface area contributed by atoms with E-state index < -0.39 is 18.0 Å². The highest BCUT2D eigenvalue weighted by atomic mass is 32.1. The topological polar surface area (TPSA) is 80.1 Å². The molecule has 0 bridgehead atoms. The molecule has 9 heteroatoms. The third kappa shape index (κ3) is 4.05. The number of thiazole rings is 1. The number of aromatic nitrogens is 3. The summed E-state index contributed by atoms with van der Waals surface area (Å²) in [6.07, 6.45) is 1.73. The molecule has 0 saturated carbocycles. The lowest BCUT2D eigenvalue weighted by Crippen LogP contribution is -2.42. The molecule has 3 unspecified atom stereocenters. The summed E-state index contributed by atoms with van der Waals surface area (Å²) in [5, 5.41) is 8.47. The monoisotopic (exact) mass is 525 g/mol. The molecule has 6 rings (SSSR count). The van der Waals surface area contributed by atoms with Crippen molar-refractivity contribution in [2.75, 3.05) is 4.90 Å². The Morgan fingerprint density at radius 1 is 1.03 bits per heavy atom. The lowest BCUT2D eigenvalue weighted by atomic mass is 9.94. The zero-order valence-electron chi connectivity index (χ0n) is 20.7. The normalized spacial score (nSPS) is 19.3. The maximum absolute atomic E-state index is 13.7. The molecule has 38 heavy (non-hydrogen) atoms. The summed E-state index contributed by atoms with van der Waals surface area (Å²) in [4.78, 5) is 33.4. The Balaban J connectivity index is 1.40. The fraction of sp³-hybridized carbons (Fsp3) is 0.172. The summed E-state index contributed by atoms with van der Waals surface area (Å²) in [7, 11) is 0. The van der Waals surface area contributed by atoms with Crippen molar-refractivity contribution in [3.8, 4) is 5.69 Å². The number of carbonyl (C=O) groups excluding carboxylic acids is 2. The SMILES string of the molecule is Cc1ncsc1C(=O)NC1C(C)C(=O)N(c2ccc3c(cnn3-c3ccc(F)cc3)c2)C1c1ccccc1. The van der Waals surface area contributed by atoms with Crippen LogP contribution in [0, 0.1) is 18.7 Å². The van der Waals surface area contributed by atoms with Crippen LogP contribution in [0.3, 0.4) is 0 Å². The van der Waals surface area contributed by atoms with Crippen LogP contribution < -0.4 is 10.2 Å². The number of benzene rings is 3. The van der Waals surface area contributed by atoms with Gasteiger partial charge in [0.15, 0.2) is 0 Å². The van der Waals surface area contributed by atoms with E-state index in [4.69, 9.17) is 0 Å². The van der Waals surface area contributed by atoms with E-state index >= 15 is 0 Å². The van der Waals surface area contributed by atoms with Gasteiger partial charge in [-0.2, -0.15) is 5.10 Å². The Hall–Kier alpha value is -4.37. The molecule has 3 heterocycles. The van der Waals surface area contributed by atoms with E-state index in [1.54, 1.807) is 40.3 Å². The Morgan fingerprint density at radius 2 is 1.76 bits per heavy atom. The molecular formula is C29H24FN5O2S. The van der Waals surface area contributed by atoms with Crippen LogP contribution in [-0.2, 0) is 4.79 Å². The van der Waals surface area contributed by atoms with Crippen molar-refractivity contribution < 1.29 is 14.0 Å². The van der Waals surface area contributed by atoms with Gasteiger partial charge in [-0.25, -0.2) is 14.1 Å². The number of rotatable bonds is 5. The number of nitrogens with one attached hydrogen (secondary N) is 1. The van der Waals surface area contributed by atoms with Crippen LogP contribution in [0.5, 0.6) is 0 Å². The minimum absolute atomic E-state index is 0.0737. The molecule has 2 amide bonds. The minimum atomic E-state index is -0.449. The number of aryl methyl sites for hydroxylation is 1. The number of halogens is 1. The second kappa shape index (κ2) is 9.50. The first-order valence-electron chi connectivity index (χ1n) is 12.2. The van der Waals surface area contributed by atoms with Crippen LogP contribution in [0.1, 0.15) is 33.9 Å². The zero-order valence-corrected chi connectivity index (χ0v) is 21.5. The Labute approximate surface area is 222 Å². The molecule has 3 aromatic carbocycles. The van der Waals surface area contributed by atoms with Gasteiger partial charge in [0.25, 0.3) is 5.91 Å². The summed E-state index contributed by atoms with van der Waals surface area (Å²) >= 11 is 1.29. The van der Waals surface area contributed by atoms with Crippen molar-refractivity contribution in [1.82, 2.24) is 20.1 Å². The van der Waals surface area contributed by atoms with E-state index in [1.165, 1.54) is 23.5 Å². The zero-order chi connectivity index (χ0) is 26.4. The first kappa shape index (κ1) is 24.0.